The highest BCUT2D eigenvalue weighted by Gasteiger charge is 2.26. The van der Waals surface area contributed by atoms with Crippen molar-refractivity contribution in [2.24, 2.45) is 0 Å². The summed E-state index contributed by atoms with van der Waals surface area (Å²) in [7, 11) is 0. The molecule has 1 atom stereocenters. The number of carbonyl (C=O) groups is 2. The van der Waals surface area contributed by atoms with Gasteiger partial charge in [0.1, 0.15) is 6.10 Å². The second kappa shape index (κ2) is 8.17. The summed E-state index contributed by atoms with van der Waals surface area (Å²) in [5.74, 6) is -0.411. The summed E-state index contributed by atoms with van der Waals surface area (Å²) in [6.45, 7) is 4.87. The molecule has 0 saturated carbocycles. The average Bonchev–Trinajstić information content (AvgIpc) is 2.68. The molecule has 5 nitrogen and oxygen atoms in total. The molecule has 1 fully saturated rings. The number of morpholine rings is 1. The molecule has 1 aliphatic heterocycles. The van der Waals surface area contributed by atoms with Gasteiger partial charge in [-0.1, -0.05) is 36.4 Å². The van der Waals surface area contributed by atoms with E-state index in [-0.39, 0.29) is 17.9 Å². The van der Waals surface area contributed by atoms with Gasteiger partial charge in [0.25, 0.3) is 5.91 Å². The van der Waals surface area contributed by atoms with E-state index in [4.69, 9.17) is 16.3 Å². The summed E-state index contributed by atoms with van der Waals surface area (Å²) >= 11 is 5.93. The van der Waals surface area contributed by atoms with Crippen molar-refractivity contribution in [3.8, 4) is 0 Å². The lowest BCUT2D eigenvalue weighted by molar-refractivity contribution is -0.111. The molecule has 2 aromatic rings. The Bertz CT molecular complexity index is 820. The number of benzene rings is 2. The number of halogens is 1. The van der Waals surface area contributed by atoms with E-state index in [9.17, 15) is 9.59 Å². The standard InChI is InChI=1S/C20H19ClN2O3/c1-2-19(24)22-17-5-3-4-15(12-17)20(25)23-10-11-26-18(13-23)14-6-8-16(21)9-7-14/h2-9,12,18H,1,10-11,13H2,(H,22,24)/t18-/m1/s1. The maximum absolute atomic E-state index is 12.9. The Labute approximate surface area is 157 Å². The third kappa shape index (κ3) is 4.31. The Morgan fingerprint density at radius 3 is 2.73 bits per heavy atom. The molecule has 3 rings (SSSR count). The Hall–Kier alpha value is -2.63. The summed E-state index contributed by atoms with van der Waals surface area (Å²) < 4.78 is 5.81. The molecule has 0 radical (unpaired) electrons. The normalized spacial score (nSPS) is 16.8. The maximum atomic E-state index is 12.9. The van der Waals surface area contributed by atoms with Gasteiger partial charge in [0, 0.05) is 22.8 Å². The SMILES string of the molecule is C=CC(=O)Nc1cccc(C(=O)N2CCO[C@@H](c3ccc(Cl)cc3)C2)c1. The monoisotopic (exact) mass is 370 g/mol. The Morgan fingerprint density at radius 1 is 1.23 bits per heavy atom. The van der Waals surface area contributed by atoms with E-state index in [0.29, 0.717) is 36.0 Å². The summed E-state index contributed by atoms with van der Waals surface area (Å²) in [4.78, 5) is 26.1. The molecule has 0 aromatic heterocycles. The molecule has 0 bridgehead atoms. The van der Waals surface area contributed by atoms with Crippen LogP contribution in [0.3, 0.4) is 0 Å². The molecule has 1 N–H and O–H groups in total. The van der Waals surface area contributed by atoms with Crippen LogP contribution in [0.1, 0.15) is 22.0 Å². The lowest BCUT2D eigenvalue weighted by Crippen LogP contribution is -2.42. The van der Waals surface area contributed by atoms with Crippen LogP contribution < -0.4 is 5.32 Å². The first-order valence-electron chi connectivity index (χ1n) is 8.26. The number of hydrogen-bond acceptors (Lipinski definition) is 3. The Morgan fingerprint density at radius 2 is 2.00 bits per heavy atom. The first-order chi connectivity index (χ1) is 12.6. The van der Waals surface area contributed by atoms with Gasteiger partial charge in [-0.2, -0.15) is 0 Å². The van der Waals surface area contributed by atoms with E-state index >= 15 is 0 Å². The molecule has 1 heterocycles. The molecule has 1 aliphatic rings. The molecular weight excluding hydrogens is 352 g/mol. The van der Waals surface area contributed by atoms with Crippen LogP contribution in [0.15, 0.2) is 61.2 Å². The van der Waals surface area contributed by atoms with E-state index in [1.807, 2.05) is 24.3 Å². The molecule has 134 valence electrons. The van der Waals surface area contributed by atoms with Gasteiger partial charge in [0.2, 0.25) is 5.91 Å². The third-order valence-corrected chi connectivity index (χ3v) is 4.41. The summed E-state index contributed by atoms with van der Waals surface area (Å²) in [5.41, 5.74) is 2.06. The zero-order valence-corrected chi connectivity index (χ0v) is 14.9. The molecule has 0 aliphatic carbocycles. The predicted molar refractivity (Wildman–Crippen MR) is 101 cm³/mol. The summed E-state index contributed by atoms with van der Waals surface area (Å²) in [6.07, 6.45) is 1.00. The molecule has 6 heteroatoms. The number of rotatable bonds is 4. The molecular formula is C20H19ClN2O3. The zero-order valence-electron chi connectivity index (χ0n) is 14.2. The molecule has 26 heavy (non-hydrogen) atoms. The second-order valence-electron chi connectivity index (χ2n) is 5.94. The third-order valence-electron chi connectivity index (χ3n) is 4.16. The van der Waals surface area contributed by atoms with Crippen molar-refractivity contribution in [1.82, 2.24) is 4.90 Å². The van der Waals surface area contributed by atoms with Crippen LogP contribution >= 0.6 is 11.6 Å². The van der Waals surface area contributed by atoms with Crippen LogP contribution in [-0.2, 0) is 9.53 Å². The van der Waals surface area contributed by atoms with Crippen molar-refractivity contribution >= 4 is 29.1 Å². The first kappa shape index (κ1) is 18.2. The second-order valence-corrected chi connectivity index (χ2v) is 6.37. The highest BCUT2D eigenvalue weighted by atomic mass is 35.5. The van der Waals surface area contributed by atoms with Gasteiger partial charge in [-0.25, -0.2) is 0 Å². The minimum absolute atomic E-state index is 0.0954. The van der Waals surface area contributed by atoms with Crippen LogP contribution in [0.4, 0.5) is 5.69 Å². The van der Waals surface area contributed by atoms with E-state index in [1.165, 1.54) is 6.08 Å². The topological polar surface area (TPSA) is 58.6 Å². The van der Waals surface area contributed by atoms with Crippen molar-refractivity contribution in [2.75, 3.05) is 25.0 Å². The predicted octanol–water partition coefficient (Wildman–Crippen LogP) is 3.68. The number of nitrogens with one attached hydrogen (secondary N) is 1. The fraction of sp³-hybridized carbons (Fsp3) is 0.200. The Kier molecular flexibility index (Phi) is 5.71. The lowest BCUT2D eigenvalue weighted by atomic mass is 10.1. The van der Waals surface area contributed by atoms with Crippen LogP contribution in [0.5, 0.6) is 0 Å². The van der Waals surface area contributed by atoms with E-state index in [2.05, 4.69) is 11.9 Å². The van der Waals surface area contributed by atoms with Gasteiger partial charge in [0.05, 0.1) is 13.2 Å². The molecule has 1 saturated heterocycles. The van der Waals surface area contributed by atoms with Crippen molar-refractivity contribution < 1.29 is 14.3 Å². The zero-order chi connectivity index (χ0) is 18.5. The minimum atomic E-state index is -0.316. The molecule has 0 unspecified atom stereocenters. The van der Waals surface area contributed by atoms with Crippen molar-refractivity contribution in [2.45, 2.75) is 6.10 Å². The van der Waals surface area contributed by atoms with Gasteiger partial charge < -0.3 is 15.0 Å². The summed E-state index contributed by atoms with van der Waals surface area (Å²) in [6, 6.07) is 14.3. The van der Waals surface area contributed by atoms with E-state index in [1.54, 1.807) is 29.2 Å². The van der Waals surface area contributed by atoms with Gasteiger partial charge in [-0.15, -0.1) is 0 Å². The molecule has 2 amide bonds. The highest BCUT2D eigenvalue weighted by Crippen LogP contribution is 2.25. The van der Waals surface area contributed by atoms with E-state index in [0.717, 1.165) is 5.56 Å². The summed E-state index contributed by atoms with van der Waals surface area (Å²) in [5, 5.41) is 3.33. The van der Waals surface area contributed by atoms with Gasteiger partial charge in [0.15, 0.2) is 0 Å². The number of carbonyl (C=O) groups excluding carboxylic acids is 2. The average molecular weight is 371 g/mol. The number of ether oxygens (including phenoxy) is 1. The Balaban J connectivity index is 1.73. The van der Waals surface area contributed by atoms with Gasteiger partial charge in [-0.05, 0) is 42.0 Å². The van der Waals surface area contributed by atoms with Crippen LogP contribution in [0, 0.1) is 0 Å². The minimum Gasteiger partial charge on any atom is -0.370 e. The van der Waals surface area contributed by atoms with Crippen LogP contribution in [0.25, 0.3) is 0 Å². The van der Waals surface area contributed by atoms with Crippen LogP contribution in [-0.4, -0.2) is 36.4 Å². The molecule has 0 spiro atoms. The number of amides is 2. The fourth-order valence-electron chi connectivity index (χ4n) is 2.82. The van der Waals surface area contributed by atoms with Crippen molar-refractivity contribution in [1.29, 1.82) is 0 Å². The van der Waals surface area contributed by atoms with E-state index < -0.39 is 0 Å². The van der Waals surface area contributed by atoms with Gasteiger partial charge in [-0.3, -0.25) is 9.59 Å². The van der Waals surface area contributed by atoms with Crippen molar-refractivity contribution in [3.63, 3.8) is 0 Å². The molecule has 2 aromatic carbocycles. The largest absolute Gasteiger partial charge is 0.370 e. The highest BCUT2D eigenvalue weighted by molar-refractivity contribution is 6.30. The number of hydrogen-bond donors (Lipinski definition) is 1. The van der Waals surface area contributed by atoms with Crippen molar-refractivity contribution in [3.05, 3.63) is 77.3 Å². The quantitative estimate of drug-likeness (QED) is 0.835. The first-order valence-corrected chi connectivity index (χ1v) is 8.64. The number of nitrogens with zero attached hydrogens (tertiary/aromatic N) is 1. The van der Waals surface area contributed by atoms with Crippen LogP contribution in [0.2, 0.25) is 5.02 Å². The smallest absolute Gasteiger partial charge is 0.254 e. The lowest BCUT2D eigenvalue weighted by Gasteiger charge is -2.33. The number of anilines is 1. The fourth-order valence-corrected chi connectivity index (χ4v) is 2.94. The maximum Gasteiger partial charge on any atom is 0.254 e. The van der Waals surface area contributed by atoms with Gasteiger partial charge >= 0.3 is 0 Å².